The van der Waals surface area contributed by atoms with Crippen LogP contribution in [0, 0.1) is 0 Å². The Bertz CT molecular complexity index is 1280. The molecule has 0 saturated carbocycles. The number of hydrogen-bond donors (Lipinski definition) is 2. The minimum Gasteiger partial charge on any atom is -0.463 e. The Kier molecular flexibility index (Phi) is 6.98. The van der Waals surface area contributed by atoms with Crippen molar-refractivity contribution < 1.29 is 23.9 Å². The van der Waals surface area contributed by atoms with E-state index in [4.69, 9.17) is 9.47 Å². The summed E-state index contributed by atoms with van der Waals surface area (Å²) in [4.78, 5) is 41.8. The van der Waals surface area contributed by atoms with Crippen LogP contribution in [0.5, 0.6) is 0 Å². The van der Waals surface area contributed by atoms with Gasteiger partial charge in [0.15, 0.2) is 0 Å². The molecule has 0 spiro atoms. The van der Waals surface area contributed by atoms with Gasteiger partial charge >= 0.3 is 18.0 Å². The van der Waals surface area contributed by atoms with Gasteiger partial charge in [-0.1, -0.05) is 54.6 Å². The number of urea groups is 1. The van der Waals surface area contributed by atoms with E-state index in [0.29, 0.717) is 11.3 Å². The summed E-state index contributed by atoms with van der Waals surface area (Å²) < 4.78 is 10.5. The summed E-state index contributed by atoms with van der Waals surface area (Å²) in [5.74, 6) is -1.25. The van der Waals surface area contributed by atoms with Gasteiger partial charge in [0.05, 0.1) is 35.1 Å². The molecule has 1 atom stereocenters. The minimum atomic E-state index is -0.736. The van der Waals surface area contributed by atoms with E-state index in [-0.39, 0.29) is 24.5 Å². The maximum Gasteiger partial charge on any atom is 0.338 e. The Morgan fingerprint density at radius 1 is 1.00 bits per heavy atom. The monoisotopic (exact) mass is 457 g/mol. The minimum absolute atomic E-state index is 0.159. The van der Waals surface area contributed by atoms with E-state index in [1.165, 1.54) is 6.08 Å². The molecule has 4 rings (SSSR count). The Hall–Kier alpha value is -4.46. The largest absolute Gasteiger partial charge is 0.463 e. The van der Waals surface area contributed by atoms with E-state index in [1.54, 1.807) is 43.3 Å². The number of esters is 2. The van der Waals surface area contributed by atoms with Gasteiger partial charge in [-0.05, 0) is 30.7 Å². The fourth-order valence-corrected chi connectivity index (χ4v) is 3.60. The summed E-state index contributed by atoms with van der Waals surface area (Å²) in [5, 5.41) is 6.29. The molecule has 3 aromatic rings. The van der Waals surface area contributed by atoms with Crippen LogP contribution in [0.4, 0.5) is 4.79 Å². The number of ether oxygens (including phenoxy) is 2. The molecule has 172 valence electrons. The normalized spacial score (nSPS) is 15.7. The van der Waals surface area contributed by atoms with Crippen LogP contribution in [0.15, 0.2) is 84.1 Å². The van der Waals surface area contributed by atoms with Crippen LogP contribution in [0.1, 0.15) is 24.2 Å². The molecule has 2 aromatic carbocycles. The molecule has 0 aliphatic carbocycles. The summed E-state index contributed by atoms with van der Waals surface area (Å²) >= 11 is 0. The molecule has 8 heteroatoms. The molecule has 1 aromatic heterocycles. The van der Waals surface area contributed by atoms with Crippen molar-refractivity contribution in [2.75, 3.05) is 13.2 Å². The number of aromatic nitrogens is 1. The Labute approximate surface area is 196 Å². The zero-order chi connectivity index (χ0) is 23.9. The van der Waals surface area contributed by atoms with Crippen LogP contribution in [0.2, 0.25) is 0 Å². The predicted octanol–water partition coefficient (Wildman–Crippen LogP) is 3.66. The third-order valence-corrected chi connectivity index (χ3v) is 5.15. The lowest BCUT2D eigenvalue weighted by Crippen LogP contribution is -2.47. The molecule has 34 heavy (non-hydrogen) atoms. The van der Waals surface area contributed by atoms with Crippen LogP contribution >= 0.6 is 0 Å². The lowest BCUT2D eigenvalue weighted by atomic mass is 9.95. The fraction of sp³-hybridized carbons (Fsp3) is 0.154. The smallest absolute Gasteiger partial charge is 0.338 e. The number of nitrogens with one attached hydrogen (secondary N) is 2. The number of carbonyl (C=O) groups excluding carboxylic acids is 3. The van der Waals surface area contributed by atoms with Crippen molar-refractivity contribution in [2.45, 2.75) is 13.0 Å². The van der Waals surface area contributed by atoms with E-state index in [1.807, 2.05) is 36.4 Å². The van der Waals surface area contributed by atoms with E-state index in [9.17, 15) is 14.4 Å². The number of hydrogen-bond acceptors (Lipinski definition) is 6. The van der Waals surface area contributed by atoms with E-state index < -0.39 is 24.0 Å². The second-order valence-corrected chi connectivity index (χ2v) is 7.42. The van der Waals surface area contributed by atoms with E-state index >= 15 is 0 Å². The molecular weight excluding hydrogens is 434 g/mol. The van der Waals surface area contributed by atoms with Gasteiger partial charge < -0.3 is 20.1 Å². The Morgan fingerprint density at radius 3 is 2.56 bits per heavy atom. The lowest BCUT2D eigenvalue weighted by molar-refractivity contribution is -0.140. The number of nitrogens with zero attached hydrogens (tertiary/aromatic N) is 1. The molecule has 2 amide bonds. The number of fused-ring (bicyclic) bond motifs is 1. The number of rotatable bonds is 7. The molecular formula is C26H23N3O5. The van der Waals surface area contributed by atoms with Crippen LogP contribution in [0.3, 0.4) is 0 Å². The molecule has 0 radical (unpaired) electrons. The Balaban J connectivity index is 1.52. The molecule has 0 bridgehead atoms. The summed E-state index contributed by atoms with van der Waals surface area (Å²) in [6.07, 6.45) is 2.79. The first-order valence-corrected chi connectivity index (χ1v) is 10.8. The first kappa shape index (κ1) is 22.7. The first-order chi connectivity index (χ1) is 16.5. The Morgan fingerprint density at radius 2 is 1.76 bits per heavy atom. The highest BCUT2D eigenvalue weighted by atomic mass is 16.5. The topological polar surface area (TPSA) is 107 Å². The second-order valence-electron chi connectivity index (χ2n) is 7.42. The zero-order valence-corrected chi connectivity index (χ0v) is 18.5. The summed E-state index contributed by atoms with van der Waals surface area (Å²) in [7, 11) is 0. The number of benzene rings is 2. The predicted molar refractivity (Wildman–Crippen MR) is 126 cm³/mol. The summed E-state index contributed by atoms with van der Waals surface area (Å²) in [6, 6.07) is 19.1. The highest BCUT2D eigenvalue weighted by Gasteiger charge is 2.34. The van der Waals surface area contributed by atoms with Crippen LogP contribution in [0.25, 0.3) is 17.0 Å². The summed E-state index contributed by atoms with van der Waals surface area (Å²) in [5.41, 5.74) is 2.46. The van der Waals surface area contributed by atoms with Crippen LogP contribution in [-0.2, 0) is 19.1 Å². The lowest BCUT2D eigenvalue weighted by Gasteiger charge is -2.29. The van der Waals surface area contributed by atoms with Crippen molar-refractivity contribution >= 4 is 34.9 Å². The zero-order valence-electron chi connectivity index (χ0n) is 18.5. The standard InChI is InChI=1S/C26H23N3O5/c1-2-33-25(31)23-21(28-26(32)29-24(23)18-9-4-3-5-10-18)16-34-22(30)15-14-19-13-12-17-8-6-7-11-20(17)27-19/h3-15,24H,2,16H2,1H3,(H2,28,29,32)/b15-14+. The van der Waals surface area contributed by atoms with Crippen molar-refractivity contribution in [3.05, 3.63) is 95.3 Å². The van der Waals surface area contributed by atoms with Gasteiger partial charge in [-0.25, -0.2) is 19.4 Å². The van der Waals surface area contributed by atoms with Crippen molar-refractivity contribution in [1.29, 1.82) is 0 Å². The van der Waals surface area contributed by atoms with Crippen molar-refractivity contribution in [1.82, 2.24) is 15.6 Å². The highest BCUT2D eigenvalue weighted by Crippen LogP contribution is 2.27. The van der Waals surface area contributed by atoms with Gasteiger partial charge in [-0.15, -0.1) is 0 Å². The third kappa shape index (κ3) is 5.29. The second kappa shape index (κ2) is 10.4. The van der Waals surface area contributed by atoms with E-state index in [2.05, 4.69) is 15.6 Å². The van der Waals surface area contributed by atoms with Crippen LogP contribution in [-0.4, -0.2) is 36.2 Å². The van der Waals surface area contributed by atoms with Crippen molar-refractivity contribution in [3.63, 3.8) is 0 Å². The summed E-state index contributed by atoms with van der Waals surface area (Å²) in [6.45, 7) is 1.54. The maximum absolute atomic E-state index is 12.7. The first-order valence-electron chi connectivity index (χ1n) is 10.8. The number of para-hydroxylation sites is 1. The molecule has 0 fully saturated rings. The van der Waals surface area contributed by atoms with Gasteiger partial charge in [-0.2, -0.15) is 0 Å². The van der Waals surface area contributed by atoms with Crippen LogP contribution < -0.4 is 10.6 Å². The molecule has 2 heterocycles. The SMILES string of the molecule is CCOC(=O)C1=C(COC(=O)/C=C/c2ccc3ccccc3n2)NC(=O)NC1c1ccccc1. The van der Waals surface area contributed by atoms with Gasteiger partial charge in [0, 0.05) is 11.5 Å². The maximum atomic E-state index is 12.7. The average molecular weight is 457 g/mol. The van der Waals surface area contributed by atoms with Gasteiger partial charge in [-0.3, -0.25) is 0 Å². The number of pyridine rings is 1. The number of carbonyl (C=O) groups is 3. The highest BCUT2D eigenvalue weighted by molar-refractivity contribution is 5.95. The van der Waals surface area contributed by atoms with Crippen molar-refractivity contribution in [3.8, 4) is 0 Å². The molecule has 2 N–H and O–H groups in total. The molecule has 1 aliphatic rings. The average Bonchev–Trinajstić information content (AvgIpc) is 2.86. The van der Waals surface area contributed by atoms with Gasteiger partial charge in [0.2, 0.25) is 0 Å². The number of amides is 2. The van der Waals surface area contributed by atoms with Crippen molar-refractivity contribution in [2.24, 2.45) is 0 Å². The fourth-order valence-electron chi connectivity index (χ4n) is 3.60. The molecule has 8 nitrogen and oxygen atoms in total. The van der Waals surface area contributed by atoms with Gasteiger partial charge in [0.25, 0.3) is 0 Å². The third-order valence-electron chi connectivity index (χ3n) is 5.15. The molecule has 0 saturated heterocycles. The van der Waals surface area contributed by atoms with E-state index in [0.717, 1.165) is 10.9 Å². The molecule has 1 unspecified atom stereocenters. The molecule has 1 aliphatic heterocycles. The quantitative estimate of drug-likeness (QED) is 0.414. The van der Waals surface area contributed by atoms with Gasteiger partial charge in [0.1, 0.15) is 6.61 Å².